The van der Waals surface area contributed by atoms with E-state index in [0.717, 1.165) is 41.8 Å². The minimum absolute atomic E-state index is 0.0244. The summed E-state index contributed by atoms with van der Waals surface area (Å²) < 4.78 is 0. The Bertz CT molecular complexity index is 436. The molecule has 1 aliphatic heterocycles. The molecule has 1 fully saturated rings. The van der Waals surface area contributed by atoms with E-state index >= 15 is 0 Å². The molecule has 2 rings (SSSR count). The Morgan fingerprint density at radius 2 is 2.11 bits per heavy atom. The van der Waals surface area contributed by atoms with Gasteiger partial charge in [-0.25, -0.2) is 4.98 Å². The predicted octanol–water partition coefficient (Wildman–Crippen LogP) is 2.43. The molecule has 1 N–H and O–H groups in total. The highest BCUT2D eigenvalue weighted by atomic mass is 32.1. The number of likely N-dealkylation sites (tertiary alicyclic amines) is 1. The lowest BCUT2D eigenvalue weighted by atomic mass is 10.2. The lowest BCUT2D eigenvalue weighted by molar-refractivity contribution is 0.0952. The van der Waals surface area contributed by atoms with Crippen molar-refractivity contribution >= 4 is 17.2 Å². The van der Waals surface area contributed by atoms with Crippen LogP contribution in [0.25, 0.3) is 0 Å². The molecule has 0 atom stereocenters. The van der Waals surface area contributed by atoms with E-state index in [-0.39, 0.29) is 5.91 Å². The molecule has 0 saturated carbocycles. The molecule has 4 nitrogen and oxygen atoms in total. The van der Waals surface area contributed by atoms with Gasteiger partial charge in [0.25, 0.3) is 5.91 Å². The zero-order valence-corrected chi connectivity index (χ0v) is 12.8. The van der Waals surface area contributed by atoms with Crippen molar-refractivity contribution in [2.45, 2.75) is 40.2 Å². The van der Waals surface area contributed by atoms with Crippen molar-refractivity contribution in [3.05, 3.63) is 15.6 Å². The van der Waals surface area contributed by atoms with E-state index < -0.39 is 0 Å². The van der Waals surface area contributed by atoms with Gasteiger partial charge in [-0.2, -0.15) is 0 Å². The van der Waals surface area contributed by atoms with Crippen LogP contribution in [0.3, 0.4) is 0 Å². The summed E-state index contributed by atoms with van der Waals surface area (Å²) >= 11 is 1.54. The molecule has 1 aromatic rings. The Hall–Kier alpha value is -0.940. The Labute approximate surface area is 119 Å². The number of hydrogen-bond donors (Lipinski definition) is 1. The van der Waals surface area contributed by atoms with Gasteiger partial charge in [0.2, 0.25) is 0 Å². The Morgan fingerprint density at radius 3 is 2.74 bits per heavy atom. The maximum absolute atomic E-state index is 12.1. The molecule has 1 saturated heterocycles. The monoisotopic (exact) mass is 281 g/mol. The van der Waals surface area contributed by atoms with Crippen LogP contribution in [-0.4, -0.2) is 35.4 Å². The van der Waals surface area contributed by atoms with Crippen molar-refractivity contribution < 1.29 is 4.79 Å². The number of hydrogen-bond acceptors (Lipinski definition) is 4. The van der Waals surface area contributed by atoms with E-state index in [1.807, 2.05) is 6.92 Å². The highest BCUT2D eigenvalue weighted by Crippen LogP contribution is 2.21. The molecule has 0 unspecified atom stereocenters. The number of aromatic nitrogens is 1. The molecule has 5 heteroatoms. The number of aryl methyl sites for hydroxylation is 1. The van der Waals surface area contributed by atoms with Crippen LogP contribution in [0.2, 0.25) is 0 Å². The highest BCUT2D eigenvalue weighted by molar-refractivity contribution is 7.13. The molecule has 1 aliphatic rings. The normalized spacial score (nSPS) is 16.2. The summed E-state index contributed by atoms with van der Waals surface area (Å²) in [5, 5.41) is 4.03. The van der Waals surface area contributed by atoms with Gasteiger partial charge in [-0.1, -0.05) is 13.8 Å². The number of thiazole rings is 1. The smallest absolute Gasteiger partial charge is 0.263 e. The second kappa shape index (κ2) is 6.48. The lowest BCUT2D eigenvalue weighted by Gasteiger charge is -2.11. The van der Waals surface area contributed by atoms with Crippen LogP contribution in [0.4, 0.5) is 0 Å². The molecule has 0 aromatic carbocycles. The predicted molar refractivity (Wildman–Crippen MR) is 78.5 cm³/mol. The van der Waals surface area contributed by atoms with Gasteiger partial charge >= 0.3 is 0 Å². The molecule has 0 radical (unpaired) electrons. The number of carbonyl (C=O) groups is 1. The molecule has 0 bridgehead atoms. The first-order valence-electron chi connectivity index (χ1n) is 7.03. The van der Waals surface area contributed by atoms with Gasteiger partial charge < -0.3 is 5.32 Å². The Balaban J connectivity index is 1.97. The summed E-state index contributed by atoms with van der Waals surface area (Å²) in [5.74, 6) is 0.498. The van der Waals surface area contributed by atoms with Crippen molar-refractivity contribution in [3.8, 4) is 0 Å². The molecule has 0 spiro atoms. The molecule has 1 amide bonds. The molecule has 2 heterocycles. The molecule has 19 heavy (non-hydrogen) atoms. The summed E-state index contributed by atoms with van der Waals surface area (Å²) in [4.78, 5) is 19.8. The minimum Gasteiger partial charge on any atom is -0.351 e. The summed E-state index contributed by atoms with van der Waals surface area (Å²) in [6.45, 7) is 10.0. The van der Waals surface area contributed by atoms with E-state index in [4.69, 9.17) is 0 Å². The second-order valence-corrected chi connectivity index (χ2v) is 6.69. The van der Waals surface area contributed by atoms with Gasteiger partial charge in [0.15, 0.2) is 0 Å². The van der Waals surface area contributed by atoms with E-state index in [9.17, 15) is 4.79 Å². The van der Waals surface area contributed by atoms with Gasteiger partial charge in [-0.3, -0.25) is 9.69 Å². The quantitative estimate of drug-likeness (QED) is 0.901. The number of amides is 1. The SMILES string of the molecule is Cc1nc(CN2CCCC2)sc1C(=O)NCC(C)C. The average Bonchev–Trinajstić information content (AvgIpc) is 2.96. The fraction of sp³-hybridized carbons (Fsp3) is 0.714. The van der Waals surface area contributed by atoms with Crippen molar-refractivity contribution in [3.63, 3.8) is 0 Å². The number of rotatable bonds is 5. The minimum atomic E-state index is 0.0244. The largest absolute Gasteiger partial charge is 0.351 e. The lowest BCUT2D eigenvalue weighted by Crippen LogP contribution is -2.27. The van der Waals surface area contributed by atoms with E-state index in [1.165, 1.54) is 12.8 Å². The first-order valence-corrected chi connectivity index (χ1v) is 7.84. The summed E-state index contributed by atoms with van der Waals surface area (Å²) in [6, 6.07) is 0. The zero-order valence-electron chi connectivity index (χ0n) is 12.0. The van der Waals surface area contributed by atoms with Crippen LogP contribution in [0.5, 0.6) is 0 Å². The number of nitrogens with zero attached hydrogens (tertiary/aromatic N) is 2. The zero-order chi connectivity index (χ0) is 13.8. The van der Waals surface area contributed by atoms with Crippen molar-refractivity contribution in [1.29, 1.82) is 0 Å². The molecule has 0 aliphatic carbocycles. The maximum Gasteiger partial charge on any atom is 0.263 e. The first-order chi connectivity index (χ1) is 9.06. The van der Waals surface area contributed by atoms with Crippen LogP contribution in [0, 0.1) is 12.8 Å². The van der Waals surface area contributed by atoms with Crippen molar-refractivity contribution in [2.24, 2.45) is 5.92 Å². The fourth-order valence-electron chi connectivity index (χ4n) is 2.24. The summed E-state index contributed by atoms with van der Waals surface area (Å²) in [6.07, 6.45) is 2.57. The first kappa shape index (κ1) is 14.5. The summed E-state index contributed by atoms with van der Waals surface area (Å²) in [5.41, 5.74) is 0.862. The third-order valence-electron chi connectivity index (χ3n) is 3.28. The maximum atomic E-state index is 12.1. The van der Waals surface area contributed by atoms with Crippen molar-refractivity contribution in [1.82, 2.24) is 15.2 Å². The molecular formula is C14H23N3OS. The molecular weight excluding hydrogens is 258 g/mol. The Kier molecular flexibility index (Phi) is 4.93. The molecule has 1 aromatic heterocycles. The van der Waals surface area contributed by atoms with Gasteiger partial charge in [-0.15, -0.1) is 11.3 Å². The van der Waals surface area contributed by atoms with Crippen molar-refractivity contribution in [2.75, 3.05) is 19.6 Å². The second-order valence-electron chi connectivity index (χ2n) is 5.61. The number of carbonyl (C=O) groups excluding carboxylic acids is 1. The standard InChI is InChI=1S/C14H23N3OS/c1-10(2)8-15-14(18)13-11(3)16-12(19-13)9-17-6-4-5-7-17/h10H,4-9H2,1-3H3,(H,15,18). The average molecular weight is 281 g/mol. The van der Waals surface area contributed by atoms with Crippen LogP contribution in [-0.2, 0) is 6.54 Å². The van der Waals surface area contributed by atoms with Crippen LogP contribution >= 0.6 is 11.3 Å². The third kappa shape index (κ3) is 4.01. The number of nitrogens with one attached hydrogen (secondary N) is 1. The van der Waals surface area contributed by atoms with Crippen LogP contribution < -0.4 is 5.32 Å². The third-order valence-corrected chi connectivity index (χ3v) is 4.42. The van der Waals surface area contributed by atoms with Gasteiger partial charge in [0.1, 0.15) is 9.88 Å². The molecule has 106 valence electrons. The van der Waals surface area contributed by atoms with Crippen LogP contribution in [0.1, 0.15) is 47.1 Å². The Morgan fingerprint density at radius 1 is 1.42 bits per heavy atom. The van der Waals surface area contributed by atoms with Crippen LogP contribution in [0.15, 0.2) is 0 Å². The fourth-order valence-corrected chi connectivity index (χ4v) is 3.26. The summed E-state index contributed by atoms with van der Waals surface area (Å²) in [7, 11) is 0. The van der Waals surface area contributed by atoms with Gasteiger partial charge in [0, 0.05) is 6.54 Å². The van der Waals surface area contributed by atoms with Gasteiger partial charge in [-0.05, 0) is 38.8 Å². The topological polar surface area (TPSA) is 45.2 Å². The highest BCUT2D eigenvalue weighted by Gasteiger charge is 2.18. The van der Waals surface area contributed by atoms with Gasteiger partial charge in [0.05, 0.1) is 12.2 Å². The van der Waals surface area contributed by atoms with E-state index in [0.29, 0.717) is 5.92 Å². The van der Waals surface area contributed by atoms with E-state index in [1.54, 1.807) is 11.3 Å². The van der Waals surface area contributed by atoms with E-state index in [2.05, 4.69) is 29.0 Å².